The van der Waals surface area contributed by atoms with Crippen LogP contribution in [0.4, 0.5) is 8.78 Å². The van der Waals surface area contributed by atoms with Crippen LogP contribution in [0.5, 0.6) is 5.75 Å². The highest BCUT2D eigenvalue weighted by Gasteiger charge is 2.41. The highest BCUT2D eigenvalue weighted by atomic mass is 35.5. The molecule has 0 radical (unpaired) electrons. The lowest BCUT2D eigenvalue weighted by Crippen LogP contribution is -2.60. The van der Waals surface area contributed by atoms with Crippen molar-refractivity contribution in [2.24, 2.45) is 0 Å². The molecule has 3 aromatic carbocycles. The Hall–Kier alpha value is -3.47. The second-order valence-corrected chi connectivity index (χ2v) is 12.9. The van der Waals surface area contributed by atoms with E-state index in [2.05, 4.69) is 15.8 Å². The van der Waals surface area contributed by atoms with E-state index in [9.17, 15) is 13.6 Å². The third-order valence-corrected chi connectivity index (χ3v) is 9.82. The molecule has 1 saturated heterocycles. The predicted octanol–water partition coefficient (Wildman–Crippen LogP) is 7.44. The van der Waals surface area contributed by atoms with Crippen molar-refractivity contribution in [2.45, 2.75) is 50.5 Å². The monoisotopic (exact) mass is 684 g/mol. The van der Waals surface area contributed by atoms with Crippen LogP contribution in [0.1, 0.15) is 36.1 Å². The van der Waals surface area contributed by atoms with Crippen LogP contribution in [0.15, 0.2) is 70.8 Å². The van der Waals surface area contributed by atoms with Gasteiger partial charge in [-0.2, -0.15) is 0 Å². The lowest BCUT2D eigenvalue weighted by Gasteiger charge is -2.41. The van der Waals surface area contributed by atoms with Gasteiger partial charge < -0.3 is 24.8 Å². The number of hydrogen-bond donors (Lipinski definition) is 2. The van der Waals surface area contributed by atoms with Crippen molar-refractivity contribution in [1.29, 1.82) is 0 Å². The van der Waals surface area contributed by atoms with Crippen LogP contribution in [0.3, 0.4) is 0 Å². The van der Waals surface area contributed by atoms with Crippen LogP contribution in [0, 0.1) is 11.6 Å². The van der Waals surface area contributed by atoms with Gasteiger partial charge in [0.2, 0.25) is 0 Å². The maximum Gasteiger partial charge on any atom is 0.252 e. The number of benzene rings is 3. The van der Waals surface area contributed by atoms with E-state index in [-0.39, 0.29) is 46.9 Å². The average molecular weight is 686 g/mol. The summed E-state index contributed by atoms with van der Waals surface area (Å²) in [5, 5.41) is 11.5. The van der Waals surface area contributed by atoms with Crippen LogP contribution < -0.4 is 15.4 Å². The summed E-state index contributed by atoms with van der Waals surface area (Å²) in [4.78, 5) is 16.3. The molecule has 0 spiro atoms. The summed E-state index contributed by atoms with van der Waals surface area (Å²) in [6.07, 6.45) is 2.60. The molecule has 1 saturated carbocycles. The van der Waals surface area contributed by atoms with Crippen molar-refractivity contribution in [3.8, 4) is 17.0 Å². The fraction of sp³-hybridized carbons (Fsp3) is 0.294. The number of hydrogen-bond acceptors (Lipinski definition) is 6. The largest absolute Gasteiger partial charge is 0.486 e. The second-order valence-electron chi connectivity index (χ2n) is 11.8. The molecule has 7 rings (SSSR count). The Bertz CT molecular complexity index is 1830. The van der Waals surface area contributed by atoms with Gasteiger partial charge in [0.25, 0.3) is 5.91 Å². The molecule has 0 unspecified atom stereocenters. The molecule has 7 nitrogen and oxygen atoms in total. The fourth-order valence-electron chi connectivity index (χ4n) is 6.17. The molecule has 46 heavy (non-hydrogen) atoms. The third-order valence-electron chi connectivity index (χ3n) is 8.59. The number of fused-ring (bicyclic) bond motifs is 2. The van der Waals surface area contributed by atoms with Gasteiger partial charge in [0.05, 0.1) is 26.7 Å². The average Bonchev–Trinajstić information content (AvgIpc) is 3.80. The van der Waals surface area contributed by atoms with E-state index in [0.29, 0.717) is 41.1 Å². The van der Waals surface area contributed by atoms with E-state index in [0.717, 1.165) is 53.8 Å². The molecule has 2 bridgehead atoms. The molecule has 4 aromatic rings. The first-order valence-corrected chi connectivity index (χ1v) is 16.2. The number of nitrogens with zero attached hydrogens (tertiary/aromatic N) is 2. The summed E-state index contributed by atoms with van der Waals surface area (Å²) in [5.41, 5.74) is 3.46. The fourth-order valence-corrected chi connectivity index (χ4v) is 6.80. The van der Waals surface area contributed by atoms with Gasteiger partial charge in [-0.1, -0.05) is 64.2 Å². The molecule has 2 fully saturated rings. The molecule has 12 heteroatoms. The van der Waals surface area contributed by atoms with Crippen LogP contribution in [-0.4, -0.2) is 47.2 Å². The minimum atomic E-state index is -0.752. The van der Waals surface area contributed by atoms with Gasteiger partial charge in [0.1, 0.15) is 29.7 Å². The van der Waals surface area contributed by atoms with Crippen molar-refractivity contribution in [3.05, 3.63) is 110 Å². The number of nitrogens with one attached hydrogen (secondary N) is 2. The normalized spacial score (nSPS) is 19.3. The zero-order valence-electron chi connectivity index (χ0n) is 24.5. The first-order valence-electron chi connectivity index (χ1n) is 15.0. The highest BCUT2D eigenvalue weighted by Crippen LogP contribution is 2.38. The van der Waals surface area contributed by atoms with Gasteiger partial charge in [-0.25, -0.2) is 8.78 Å². The molecule has 2 atom stereocenters. The molecule has 3 aliphatic rings. The van der Waals surface area contributed by atoms with Crippen molar-refractivity contribution in [2.75, 3.05) is 13.1 Å². The number of halogens is 5. The van der Waals surface area contributed by atoms with Crippen LogP contribution in [0.2, 0.25) is 15.1 Å². The number of amides is 1. The van der Waals surface area contributed by atoms with E-state index in [1.54, 1.807) is 6.07 Å². The van der Waals surface area contributed by atoms with Gasteiger partial charge in [0, 0.05) is 43.4 Å². The van der Waals surface area contributed by atoms with E-state index >= 15 is 0 Å². The SMILES string of the molecule is O=C(C1=C(c2ccc(OCc3cc(-c4c(F)ccc(F)c4Cl)no3)cc2)C[C@H]2CNC[C@@H]1N2)N(Cc1cccc(Cl)c1Cl)C1CC1. The van der Waals surface area contributed by atoms with Gasteiger partial charge in [-0.15, -0.1) is 0 Å². The minimum Gasteiger partial charge on any atom is -0.486 e. The summed E-state index contributed by atoms with van der Waals surface area (Å²) in [6, 6.07) is 16.7. The number of carbonyl (C=O) groups excluding carboxylic acids is 1. The Morgan fingerprint density at radius 1 is 1.00 bits per heavy atom. The van der Waals surface area contributed by atoms with Gasteiger partial charge >= 0.3 is 0 Å². The lowest BCUT2D eigenvalue weighted by atomic mass is 9.83. The van der Waals surface area contributed by atoms with E-state index in [1.807, 2.05) is 41.3 Å². The Morgan fingerprint density at radius 2 is 1.78 bits per heavy atom. The van der Waals surface area contributed by atoms with E-state index < -0.39 is 11.6 Å². The Kier molecular flexibility index (Phi) is 8.78. The smallest absolute Gasteiger partial charge is 0.252 e. The first kappa shape index (κ1) is 31.1. The molecular formula is C34H29Cl3F2N4O3. The molecule has 238 valence electrons. The second kappa shape index (κ2) is 13.0. The molecule has 3 heterocycles. The Morgan fingerprint density at radius 3 is 2.57 bits per heavy atom. The van der Waals surface area contributed by atoms with Gasteiger partial charge in [-0.05, 0) is 66.3 Å². The van der Waals surface area contributed by atoms with Crippen molar-refractivity contribution in [1.82, 2.24) is 20.7 Å². The Balaban J connectivity index is 1.12. The van der Waals surface area contributed by atoms with Crippen molar-refractivity contribution < 1.29 is 22.8 Å². The first-order chi connectivity index (χ1) is 22.3. The predicted molar refractivity (Wildman–Crippen MR) is 173 cm³/mol. The number of rotatable bonds is 9. The van der Waals surface area contributed by atoms with Crippen LogP contribution in [-0.2, 0) is 17.9 Å². The molecule has 1 aromatic heterocycles. The topological polar surface area (TPSA) is 79.6 Å². The summed E-state index contributed by atoms with van der Waals surface area (Å²) in [7, 11) is 0. The number of piperazine rings is 1. The molecule has 2 aliphatic heterocycles. The maximum absolute atomic E-state index is 14.4. The Labute approximate surface area is 279 Å². The van der Waals surface area contributed by atoms with Crippen molar-refractivity contribution in [3.63, 3.8) is 0 Å². The van der Waals surface area contributed by atoms with Crippen molar-refractivity contribution >= 4 is 46.3 Å². The summed E-state index contributed by atoms with van der Waals surface area (Å²) in [5.74, 6) is -0.576. The molecule has 2 N–H and O–H groups in total. The van der Waals surface area contributed by atoms with E-state index in [1.165, 1.54) is 6.07 Å². The standard InChI is InChI=1S/C34H29Cl3F2N4O3/c35-25-3-1-2-19(32(25)36)16-43(21-6-7-21)34(44)30-24(12-20-14-40-15-29(30)41-20)18-4-8-22(9-5-18)45-17-23-13-28(42-46-23)31-26(38)10-11-27(39)33(31)37/h1-5,8-11,13,20-21,29,40-41H,6-7,12,14-17H2/t20-,29-/m0/s1. The highest BCUT2D eigenvalue weighted by molar-refractivity contribution is 6.42. The number of carbonyl (C=O) groups is 1. The van der Waals surface area contributed by atoms with Gasteiger partial charge in [0.15, 0.2) is 5.76 Å². The molecule has 1 amide bonds. The number of ether oxygens (including phenoxy) is 1. The zero-order chi connectivity index (χ0) is 31.9. The zero-order valence-corrected chi connectivity index (χ0v) is 26.7. The van der Waals surface area contributed by atoms with Crippen LogP contribution >= 0.6 is 34.8 Å². The minimum absolute atomic E-state index is 0.00415. The number of aromatic nitrogens is 1. The van der Waals surface area contributed by atoms with Gasteiger partial charge in [-0.3, -0.25) is 4.79 Å². The van der Waals surface area contributed by atoms with E-state index in [4.69, 9.17) is 44.1 Å². The summed E-state index contributed by atoms with van der Waals surface area (Å²) in [6.45, 7) is 1.87. The maximum atomic E-state index is 14.4. The summed E-state index contributed by atoms with van der Waals surface area (Å²) < 4.78 is 39.4. The summed E-state index contributed by atoms with van der Waals surface area (Å²) >= 11 is 18.8. The lowest BCUT2D eigenvalue weighted by molar-refractivity contribution is -0.128. The quantitative estimate of drug-likeness (QED) is 0.179. The molecule has 1 aliphatic carbocycles. The van der Waals surface area contributed by atoms with Crippen LogP contribution in [0.25, 0.3) is 16.8 Å². The molecular weight excluding hydrogens is 657 g/mol. The third kappa shape index (κ3) is 6.27.